The third kappa shape index (κ3) is 5.81. The maximum Gasteiger partial charge on any atom is 0.338 e. The molecule has 8 nitrogen and oxygen atoms in total. The zero-order chi connectivity index (χ0) is 25.0. The summed E-state index contributed by atoms with van der Waals surface area (Å²) < 4.78 is 39.0. The molecule has 3 aromatic carbocycles. The normalized spacial score (nSPS) is 15.8. The number of anilines is 1. The third-order valence-electron chi connectivity index (χ3n) is 5.58. The van der Waals surface area contributed by atoms with E-state index >= 15 is 0 Å². The first-order valence-corrected chi connectivity index (χ1v) is 12.6. The number of nitrogens with one attached hydrogen (secondary N) is 2. The van der Waals surface area contributed by atoms with E-state index in [1.165, 1.54) is 31.2 Å². The first kappa shape index (κ1) is 24.3. The molecule has 4 rings (SSSR count). The minimum absolute atomic E-state index is 0.0215. The van der Waals surface area contributed by atoms with Crippen molar-refractivity contribution >= 4 is 27.6 Å². The Kier molecular flexibility index (Phi) is 7.07. The lowest BCUT2D eigenvalue weighted by Crippen LogP contribution is -2.39. The van der Waals surface area contributed by atoms with Gasteiger partial charge in [-0.2, -0.15) is 0 Å². The molecule has 182 valence electrons. The van der Waals surface area contributed by atoms with Crippen molar-refractivity contribution in [3.63, 3.8) is 0 Å². The van der Waals surface area contributed by atoms with Crippen LogP contribution >= 0.6 is 0 Å². The number of aryl methyl sites for hydroxylation is 1. The summed E-state index contributed by atoms with van der Waals surface area (Å²) in [7, 11) is -3.93. The molecule has 35 heavy (non-hydrogen) atoms. The van der Waals surface area contributed by atoms with Crippen molar-refractivity contribution in [2.75, 3.05) is 11.3 Å². The standard InChI is InChI=1S/C26H26N2O6S/c1-17-7-5-9-20(15-17)28-35(31,32)21-10-6-8-19(16-21)26(30)34-18(2)25(29)27-23-13-14-33-24-12-4-3-11-22(23)24/h3-12,15-16,18,23,28H,13-14H2,1-2H3,(H,27,29). The number of amides is 1. The number of para-hydroxylation sites is 1. The van der Waals surface area contributed by atoms with Crippen molar-refractivity contribution in [2.45, 2.75) is 37.3 Å². The SMILES string of the molecule is Cc1cccc(NS(=O)(=O)c2cccc(C(=O)OC(C)C(=O)NC3CCOc4ccccc43)c2)c1. The predicted octanol–water partition coefficient (Wildman–Crippen LogP) is 3.98. The van der Waals surface area contributed by atoms with E-state index in [1.807, 2.05) is 37.3 Å². The van der Waals surface area contributed by atoms with Gasteiger partial charge in [-0.25, -0.2) is 13.2 Å². The van der Waals surface area contributed by atoms with Crippen LogP contribution in [-0.4, -0.2) is 33.0 Å². The topological polar surface area (TPSA) is 111 Å². The number of hydrogen-bond donors (Lipinski definition) is 2. The summed E-state index contributed by atoms with van der Waals surface area (Å²) in [5.74, 6) is -0.538. The van der Waals surface area contributed by atoms with Gasteiger partial charge < -0.3 is 14.8 Å². The summed E-state index contributed by atoms with van der Waals surface area (Å²) >= 11 is 0. The zero-order valence-electron chi connectivity index (χ0n) is 19.4. The van der Waals surface area contributed by atoms with Crippen LogP contribution in [0.2, 0.25) is 0 Å². The van der Waals surface area contributed by atoms with E-state index in [0.29, 0.717) is 24.5 Å². The van der Waals surface area contributed by atoms with Crippen molar-refractivity contribution in [1.82, 2.24) is 5.32 Å². The lowest BCUT2D eigenvalue weighted by atomic mass is 10.0. The van der Waals surface area contributed by atoms with Crippen molar-refractivity contribution in [2.24, 2.45) is 0 Å². The van der Waals surface area contributed by atoms with Gasteiger partial charge >= 0.3 is 5.97 Å². The first-order chi connectivity index (χ1) is 16.7. The minimum Gasteiger partial charge on any atom is -0.493 e. The lowest BCUT2D eigenvalue weighted by molar-refractivity contribution is -0.130. The van der Waals surface area contributed by atoms with Crippen LogP contribution in [0, 0.1) is 6.92 Å². The van der Waals surface area contributed by atoms with Crippen LogP contribution in [0.1, 0.15) is 40.9 Å². The van der Waals surface area contributed by atoms with Crippen LogP contribution in [0.25, 0.3) is 0 Å². The molecule has 0 spiro atoms. The van der Waals surface area contributed by atoms with Crippen LogP contribution in [-0.2, 0) is 19.6 Å². The van der Waals surface area contributed by atoms with Crippen LogP contribution in [0.4, 0.5) is 5.69 Å². The van der Waals surface area contributed by atoms with Gasteiger partial charge in [0.25, 0.3) is 15.9 Å². The van der Waals surface area contributed by atoms with E-state index in [0.717, 1.165) is 11.1 Å². The molecule has 1 amide bonds. The highest BCUT2D eigenvalue weighted by atomic mass is 32.2. The first-order valence-electron chi connectivity index (χ1n) is 11.2. The molecule has 2 N–H and O–H groups in total. The second-order valence-electron chi connectivity index (χ2n) is 8.29. The average molecular weight is 495 g/mol. The van der Waals surface area contributed by atoms with Gasteiger partial charge in [0.2, 0.25) is 0 Å². The molecule has 0 aromatic heterocycles. The number of ether oxygens (including phenoxy) is 2. The smallest absolute Gasteiger partial charge is 0.338 e. The highest BCUT2D eigenvalue weighted by Crippen LogP contribution is 2.31. The van der Waals surface area contributed by atoms with Gasteiger partial charge in [0.1, 0.15) is 5.75 Å². The lowest BCUT2D eigenvalue weighted by Gasteiger charge is -2.27. The van der Waals surface area contributed by atoms with Gasteiger partial charge in [0.05, 0.1) is 23.1 Å². The summed E-state index contributed by atoms with van der Waals surface area (Å²) in [5, 5.41) is 2.90. The molecule has 1 heterocycles. The number of esters is 1. The maximum atomic E-state index is 12.8. The Hall–Kier alpha value is -3.85. The fourth-order valence-corrected chi connectivity index (χ4v) is 4.87. The van der Waals surface area contributed by atoms with Crippen LogP contribution in [0.15, 0.2) is 77.7 Å². The van der Waals surface area contributed by atoms with Gasteiger partial charge in [-0.1, -0.05) is 36.4 Å². The summed E-state index contributed by atoms with van der Waals surface area (Å²) in [4.78, 5) is 25.3. The zero-order valence-corrected chi connectivity index (χ0v) is 20.2. The largest absolute Gasteiger partial charge is 0.493 e. The van der Waals surface area contributed by atoms with E-state index in [2.05, 4.69) is 10.0 Å². The van der Waals surface area contributed by atoms with Crippen molar-refractivity contribution < 1.29 is 27.5 Å². The van der Waals surface area contributed by atoms with E-state index in [9.17, 15) is 18.0 Å². The Morgan fingerprint density at radius 2 is 1.80 bits per heavy atom. The van der Waals surface area contributed by atoms with Crippen LogP contribution < -0.4 is 14.8 Å². The molecule has 1 aliphatic heterocycles. The molecule has 2 atom stereocenters. The van der Waals surface area contributed by atoms with Gasteiger partial charge in [-0.3, -0.25) is 9.52 Å². The van der Waals surface area contributed by atoms with Gasteiger partial charge in [0, 0.05) is 17.7 Å². The molecular formula is C26H26N2O6S. The summed E-state index contributed by atoms with van der Waals surface area (Å²) in [5.41, 5.74) is 2.20. The van der Waals surface area contributed by atoms with Gasteiger partial charge in [-0.05, 0) is 55.8 Å². The molecule has 0 aliphatic carbocycles. The molecular weight excluding hydrogens is 468 g/mol. The average Bonchev–Trinajstić information content (AvgIpc) is 2.84. The molecule has 0 saturated heterocycles. The predicted molar refractivity (Wildman–Crippen MR) is 131 cm³/mol. The number of carbonyl (C=O) groups is 2. The van der Waals surface area contributed by atoms with E-state index < -0.39 is 28.0 Å². The molecule has 9 heteroatoms. The highest BCUT2D eigenvalue weighted by Gasteiger charge is 2.27. The van der Waals surface area contributed by atoms with Gasteiger partial charge in [-0.15, -0.1) is 0 Å². The molecule has 0 fully saturated rings. The Morgan fingerprint density at radius 3 is 2.60 bits per heavy atom. The quantitative estimate of drug-likeness (QED) is 0.481. The molecule has 0 bridgehead atoms. The summed E-state index contributed by atoms with van der Waals surface area (Å²) in [6.07, 6.45) is -0.486. The Balaban J connectivity index is 1.42. The molecule has 1 aliphatic rings. The monoisotopic (exact) mass is 494 g/mol. The molecule has 3 aromatic rings. The number of hydrogen-bond acceptors (Lipinski definition) is 6. The van der Waals surface area contributed by atoms with E-state index in [1.54, 1.807) is 18.2 Å². The maximum absolute atomic E-state index is 12.8. The van der Waals surface area contributed by atoms with Crippen molar-refractivity contribution in [1.29, 1.82) is 0 Å². The molecule has 0 saturated carbocycles. The number of rotatable bonds is 7. The summed E-state index contributed by atoms with van der Waals surface area (Å²) in [6.45, 7) is 3.79. The number of benzene rings is 3. The third-order valence-corrected chi connectivity index (χ3v) is 6.96. The second-order valence-corrected chi connectivity index (χ2v) is 9.97. The molecule has 0 radical (unpaired) electrons. The van der Waals surface area contributed by atoms with E-state index in [4.69, 9.17) is 9.47 Å². The fourth-order valence-electron chi connectivity index (χ4n) is 3.78. The Morgan fingerprint density at radius 1 is 1.03 bits per heavy atom. The van der Waals surface area contributed by atoms with Crippen LogP contribution in [0.5, 0.6) is 5.75 Å². The number of sulfonamides is 1. The molecule has 2 unspecified atom stereocenters. The Labute approximate surface area is 204 Å². The number of fused-ring (bicyclic) bond motifs is 1. The summed E-state index contributed by atoms with van der Waals surface area (Å²) in [6, 6.07) is 19.6. The highest BCUT2D eigenvalue weighted by molar-refractivity contribution is 7.92. The fraction of sp³-hybridized carbons (Fsp3) is 0.231. The van der Waals surface area contributed by atoms with E-state index in [-0.39, 0.29) is 16.5 Å². The van der Waals surface area contributed by atoms with Gasteiger partial charge in [0.15, 0.2) is 6.10 Å². The van der Waals surface area contributed by atoms with Crippen molar-refractivity contribution in [3.8, 4) is 5.75 Å². The number of carbonyl (C=O) groups excluding carboxylic acids is 2. The van der Waals surface area contributed by atoms with Crippen LogP contribution in [0.3, 0.4) is 0 Å². The Bertz CT molecular complexity index is 1360. The second kappa shape index (κ2) is 10.2. The van der Waals surface area contributed by atoms with Crippen molar-refractivity contribution in [3.05, 3.63) is 89.5 Å². The minimum atomic E-state index is -3.93.